The summed E-state index contributed by atoms with van der Waals surface area (Å²) in [5.74, 6) is 0.835. The van der Waals surface area contributed by atoms with Crippen LogP contribution in [-0.4, -0.2) is 33.4 Å². The van der Waals surface area contributed by atoms with Crippen LogP contribution in [0.25, 0.3) is 0 Å². The summed E-state index contributed by atoms with van der Waals surface area (Å²) in [6.45, 7) is 1.85. The van der Waals surface area contributed by atoms with Crippen LogP contribution in [0, 0.1) is 0 Å². The van der Waals surface area contributed by atoms with E-state index in [4.69, 9.17) is 13.9 Å². The molecule has 0 radical (unpaired) electrons. The van der Waals surface area contributed by atoms with Gasteiger partial charge < -0.3 is 19.2 Å². The highest BCUT2D eigenvalue weighted by Gasteiger charge is 2.08. The van der Waals surface area contributed by atoms with Crippen molar-refractivity contribution in [3.05, 3.63) is 24.2 Å². The van der Waals surface area contributed by atoms with Crippen LogP contribution in [0.5, 0.6) is 0 Å². The molecule has 0 fully saturated rings. The molecule has 0 amide bonds. The first-order valence-corrected chi connectivity index (χ1v) is 4.64. The molecule has 0 saturated heterocycles. The van der Waals surface area contributed by atoms with Crippen LogP contribution >= 0.6 is 0 Å². The van der Waals surface area contributed by atoms with Crippen molar-refractivity contribution in [3.63, 3.8) is 0 Å². The minimum absolute atomic E-state index is 0.0649. The van der Waals surface area contributed by atoms with Crippen LogP contribution in [-0.2, 0) is 16.1 Å². The minimum atomic E-state index is 0.0649. The molecule has 1 atom stereocenters. The van der Waals surface area contributed by atoms with Gasteiger partial charge in [0.05, 0.1) is 19.0 Å². The highest BCUT2D eigenvalue weighted by molar-refractivity contribution is 4.96. The van der Waals surface area contributed by atoms with E-state index in [-0.39, 0.29) is 6.10 Å². The standard InChI is InChI=1S/C10H17NO3/c1-11-6-10(7-12-2)14-8-9-4-3-5-13-9/h3-5,10-11H,6-8H2,1-2H3. The van der Waals surface area contributed by atoms with Gasteiger partial charge in [0.1, 0.15) is 12.4 Å². The average Bonchev–Trinajstić information content (AvgIpc) is 2.67. The van der Waals surface area contributed by atoms with E-state index < -0.39 is 0 Å². The second-order valence-corrected chi connectivity index (χ2v) is 3.03. The van der Waals surface area contributed by atoms with E-state index in [2.05, 4.69) is 5.32 Å². The lowest BCUT2D eigenvalue weighted by atomic mass is 10.3. The van der Waals surface area contributed by atoms with Gasteiger partial charge in [-0.3, -0.25) is 0 Å². The van der Waals surface area contributed by atoms with Crippen molar-refractivity contribution in [2.45, 2.75) is 12.7 Å². The first-order chi connectivity index (χ1) is 6.86. The van der Waals surface area contributed by atoms with Crippen LogP contribution < -0.4 is 5.32 Å². The predicted molar refractivity (Wildman–Crippen MR) is 53.1 cm³/mol. The minimum Gasteiger partial charge on any atom is -0.467 e. The van der Waals surface area contributed by atoms with Gasteiger partial charge in [-0.1, -0.05) is 0 Å². The fourth-order valence-electron chi connectivity index (χ4n) is 1.17. The molecule has 1 N–H and O–H groups in total. The highest BCUT2D eigenvalue weighted by Crippen LogP contribution is 2.04. The maximum atomic E-state index is 5.59. The Balaban J connectivity index is 2.25. The van der Waals surface area contributed by atoms with Crippen molar-refractivity contribution in [2.75, 3.05) is 27.3 Å². The van der Waals surface area contributed by atoms with Crippen LogP contribution in [0.3, 0.4) is 0 Å². The van der Waals surface area contributed by atoms with Gasteiger partial charge in [-0.25, -0.2) is 0 Å². The van der Waals surface area contributed by atoms with E-state index in [1.54, 1.807) is 13.4 Å². The summed E-state index contributed by atoms with van der Waals surface area (Å²) in [4.78, 5) is 0. The van der Waals surface area contributed by atoms with E-state index in [0.29, 0.717) is 13.2 Å². The maximum Gasteiger partial charge on any atom is 0.129 e. The molecule has 0 spiro atoms. The second kappa shape index (κ2) is 6.59. The molecule has 0 aliphatic heterocycles. The zero-order valence-corrected chi connectivity index (χ0v) is 8.66. The molecular formula is C10H17NO3. The van der Waals surface area contributed by atoms with Crippen molar-refractivity contribution in [2.24, 2.45) is 0 Å². The third kappa shape index (κ3) is 3.91. The molecule has 0 aromatic carbocycles. The van der Waals surface area contributed by atoms with Gasteiger partial charge in [0.15, 0.2) is 0 Å². The SMILES string of the molecule is CNCC(COC)OCc1ccco1. The Hall–Kier alpha value is -0.840. The zero-order valence-electron chi connectivity index (χ0n) is 8.66. The van der Waals surface area contributed by atoms with Crippen molar-refractivity contribution < 1.29 is 13.9 Å². The molecule has 4 nitrogen and oxygen atoms in total. The van der Waals surface area contributed by atoms with E-state index in [9.17, 15) is 0 Å². The third-order valence-electron chi connectivity index (χ3n) is 1.83. The normalized spacial score (nSPS) is 13.0. The summed E-state index contributed by atoms with van der Waals surface area (Å²) < 4.78 is 15.8. The van der Waals surface area contributed by atoms with Gasteiger partial charge in [0, 0.05) is 13.7 Å². The van der Waals surface area contributed by atoms with E-state index in [1.807, 2.05) is 19.2 Å². The Labute approximate surface area is 84.2 Å². The van der Waals surface area contributed by atoms with Crippen molar-refractivity contribution in [1.29, 1.82) is 0 Å². The molecule has 80 valence electrons. The van der Waals surface area contributed by atoms with Crippen LogP contribution in [0.4, 0.5) is 0 Å². The third-order valence-corrected chi connectivity index (χ3v) is 1.83. The largest absolute Gasteiger partial charge is 0.467 e. The Morgan fingerprint density at radius 1 is 1.57 bits per heavy atom. The lowest BCUT2D eigenvalue weighted by Gasteiger charge is -2.15. The number of furan rings is 1. The Morgan fingerprint density at radius 3 is 3.00 bits per heavy atom. The van der Waals surface area contributed by atoms with Crippen LogP contribution in [0.2, 0.25) is 0 Å². The molecule has 1 rings (SSSR count). The topological polar surface area (TPSA) is 43.6 Å². The van der Waals surface area contributed by atoms with E-state index in [0.717, 1.165) is 12.3 Å². The average molecular weight is 199 g/mol. The van der Waals surface area contributed by atoms with Gasteiger partial charge in [-0.2, -0.15) is 0 Å². The molecule has 1 unspecified atom stereocenters. The summed E-state index contributed by atoms with van der Waals surface area (Å²) in [5, 5.41) is 3.05. The van der Waals surface area contributed by atoms with Crippen LogP contribution in [0.15, 0.2) is 22.8 Å². The molecule has 14 heavy (non-hydrogen) atoms. The number of hydrogen-bond donors (Lipinski definition) is 1. The van der Waals surface area contributed by atoms with Gasteiger partial charge >= 0.3 is 0 Å². The zero-order chi connectivity index (χ0) is 10.2. The Morgan fingerprint density at radius 2 is 2.43 bits per heavy atom. The van der Waals surface area contributed by atoms with Gasteiger partial charge in [0.25, 0.3) is 0 Å². The predicted octanol–water partition coefficient (Wildman–Crippen LogP) is 1.03. The van der Waals surface area contributed by atoms with Crippen LogP contribution in [0.1, 0.15) is 5.76 Å². The maximum absolute atomic E-state index is 5.59. The number of rotatable bonds is 7. The number of ether oxygens (including phenoxy) is 2. The monoisotopic (exact) mass is 199 g/mol. The van der Waals surface area contributed by atoms with E-state index in [1.165, 1.54) is 0 Å². The summed E-state index contributed by atoms with van der Waals surface area (Å²) in [6.07, 6.45) is 1.71. The lowest BCUT2D eigenvalue weighted by Crippen LogP contribution is -2.30. The summed E-state index contributed by atoms with van der Waals surface area (Å²) in [7, 11) is 3.55. The number of nitrogens with one attached hydrogen (secondary N) is 1. The van der Waals surface area contributed by atoms with Gasteiger partial charge in [-0.05, 0) is 19.2 Å². The fourth-order valence-corrected chi connectivity index (χ4v) is 1.17. The van der Waals surface area contributed by atoms with Crippen molar-refractivity contribution in [1.82, 2.24) is 5.32 Å². The quantitative estimate of drug-likeness (QED) is 0.712. The summed E-state index contributed by atoms with van der Waals surface area (Å²) in [5.41, 5.74) is 0. The summed E-state index contributed by atoms with van der Waals surface area (Å²) in [6, 6.07) is 3.74. The van der Waals surface area contributed by atoms with Crippen molar-refractivity contribution >= 4 is 0 Å². The molecule has 1 aromatic heterocycles. The Kier molecular flexibility index (Phi) is 5.29. The lowest BCUT2D eigenvalue weighted by molar-refractivity contribution is -0.0151. The van der Waals surface area contributed by atoms with Gasteiger partial charge in [-0.15, -0.1) is 0 Å². The number of methoxy groups -OCH3 is 1. The second-order valence-electron chi connectivity index (χ2n) is 3.03. The fraction of sp³-hybridized carbons (Fsp3) is 0.600. The molecule has 4 heteroatoms. The van der Waals surface area contributed by atoms with E-state index >= 15 is 0 Å². The highest BCUT2D eigenvalue weighted by atomic mass is 16.5. The molecular weight excluding hydrogens is 182 g/mol. The molecule has 1 aromatic rings. The first kappa shape index (κ1) is 11.2. The number of hydrogen-bond acceptors (Lipinski definition) is 4. The van der Waals surface area contributed by atoms with Crippen molar-refractivity contribution in [3.8, 4) is 0 Å². The molecule has 1 heterocycles. The molecule has 0 aliphatic rings. The smallest absolute Gasteiger partial charge is 0.129 e. The molecule has 0 bridgehead atoms. The first-order valence-electron chi connectivity index (χ1n) is 4.64. The summed E-state index contributed by atoms with van der Waals surface area (Å²) >= 11 is 0. The Bertz CT molecular complexity index is 217. The van der Waals surface area contributed by atoms with Gasteiger partial charge in [0.2, 0.25) is 0 Å². The molecule has 0 aliphatic carbocycles. The number of likely N-dealkylation sites (N-methyl/N-ethyl adjacent to an activating group) is 1. The molecule has 0 saturated carbocycles.